The van der Waals surface area contributed by atoms with Gasteiger partial charge in [0.15, 0.2) is 0 Å². The molecule has 32 heavy (non-hydrogen) atoms. The summed E-state index contributed by atoms with van der Waals surface area (Å²) >= 11 is 0. The molecule has 1 aliphatic rings. The number of nitrogen functional groups attached to an aromatic ring is 1. The lowest BCUT2D eigenvalue weighted by Crippen LogP contribution is -2.50. The van der Waals surface area contributed by atoms with Gasteiger partial charge in [0.1, 0.15) is 11.8 Å². The number of rotatable bonds is 5. The average Bonchev–Trinajstić information content (AvgIpc) is 2.74. The van der Waals surface area contributed by atoms with E-state index in [2.05, 4.69) is 19.2 Å². The molecule has 170 valence electrons. The number of nitrogens with zero attached hydrogens (tertiary/aromatic N) is 1. The molecular weight excluding hydrogens is 402 g/mol. The molecule has 0 spiro atoms. The van der Waals surface area contributed by atoms with E-state index in [1.54, 1.807) is 24.0 Å². The minimum atomic E-state index is -0.642. The number of hydrogen-bond donors (Lipinski definition) is 3. The van der Waals surface area contributed by atoms with Crippen LogP contribution in [-0.2, 0) is 22.6 Å². The van der Waals surface area contributed by atoms with E-state index in [0.717, 1.165) is 28.7 Å². The summed E-state index contributed by atoms with van der Waals surface area (Å²) in [6, 6.07) is 6.75. The van der Waals surface area contributed by atoms with E-state index in [1.165, 1.54) is 0 Å². The number of nitrogens with two attached hydrogens (primary N) is 1. The van der Waals surface area contributed by atoms with E-state index in [1.807, 2.05) is 38.1 Å². The largest absolute Gasteiger partial charge is 0.507 e. The van der Waals surface area contributed by atoms with Gasteiger partial charge in [-0.2, -0.15) is 0 Å². The highest BCUT2D eigenvalue weighted by molar-refractivity contribution is 6.00. The van der Waals surface area contributed by atoms with E-state index in [4.69, 9.17) is 5.73 Å². The van der Waals surface area contributed by atoms with Crippen LogP contribution in [-0.4, -0.2) is 27.9 Å². The Kier molecular flexibility index (Phi) is 6.92. The monoisotopic (exact) mass is 435 g/mol. The Hall–Kier alpha value is -3.28. The molecule has 2 aromatic rings. The van der Waals surface area contributed by atoms with Gasteiger partial charge in [-0.25, -0.2) is 0 Å². The number of phenolic OH excluding ortho intramolecular Hbond substituents is 1. The van der Waals surface area contributed by atoms with Crippen LogP contribution in [0.4, 0.5) is 11.4 Å². The number of aromatic hydroxyl groups is 1. The number of amides is 2. The molecule has 0 fully saturated rings. The van der Waals surface area contributed by atoms with Crippen LogP contribution in [0.3, 0.4) is 0 Å². The van der Waals surface area contributed by atoms with Crippen molar-refractivity contribution >= 4 is 23.2 Å². The SMILES string of the molecule is Cc1cc(NC(=O)[C@@H]2Cc3ccc(N)cc3CN2C(=O)/C=C/CC(C)C)c(C)c(C)c1O. The summed E-state index contributed by atoms with van der Waals surface area (Å²) in [6.45, 7) is 10.00. The lowest BCUT2D eigenvalue weighted by molar-refractivity contribution is -0.136. The number of hydrogen-bond acceptors (Lipinski definition) is 4. The second-order valence-corrected chi connectivity index (χ2v) is 9.08. The summed E-state index contributed by atoms with van der Waals surface area (Å²) in [4.78, 5) is 28.1. The van der Waals surface area contributed by atoms with Gasteiger partial charge < -0.3 is 21.1 Å². The molecule has 1 heterocycles. The highest BCUT2D eigenvalue weighted by Gasteiger charge is 2.34. The van der Waals surface area contributed by atoms with Crippen molar-refractivity contribution in [2.24, 2.45) is 5.92 Å². The lowest BCUT2D eigenvalue weighted by atomic mass is 9.92. The Bertz CT molecular complexity index is 1070. The fourth-order valence-corrected chi connectivity index (χ4v) is 4.02. The molecule has 0 unspecified atom stereocenters. The van der Waals surface area contributed by atoms with Crippen molar-refractivity contribution in [3.63, 3.8) is 0 Å². The zero-order chi connectivity index (χ0) is 23.6. The molecule has 3 rings (SSSR count). The molecule has 0 saturated carbocycles. The first-order valence-corrected chi connectivity index (χ1v) is 11.0. The smallest absolute Gasteiger partial charge is 0.247 e. The third-order valence-electron chi connectivity index (χ3n) is 6.13. The molecule has 4 N–H and O–H groups in total. The van der Waals surface area contributed by atoms with Crippen LogP contribution < -0.4 is 11.1 Å². The van der Waals surface area contributed by atoms with Crippen LogP contribution in [0.25, 0.3) is 0 Å². The van der Waals surface area contributed by atoms with Crippen LogP contribution in [0.1, 0.15) is 48.1 Å². The normalized spacial score (nSPS) is 15.8. The maximum absolute atomic E-state index is 13.4. The van der Waals surface area contributed by atoms with E-state index in [-0.39, 0.29) is 17.6 Å². The van der Waals surface area contributed by atoms with Gasteiger partial charge in [0.25, 0.3) is 0 Å². The molecule has 6 nitrogen and oxygen atoms in total. The average molecular weight is 436 g/mol. The molecule has 0 radical (unpaired) electrons. The standard InChI is InChI=1S/C26H33N3O3/c1-15(2)7-6-8-24(30)29-14-20-12-21(27)10-9-19(20)13-23(29)26(32)28-22-11-16(3)25(31)18(5)17(22)4/h6,8-12,15,23,31H,7,13-14,27H2,1-5H3,(H,28,32)/b8-6+/t23-/m0/s1. The van der Waals surface area contributed by atoms with E-state index in [9.17, 15) is 14.7 Å². The van der Waals surface area contributed by atoms with Crippen molar-refractivity contribution in [1.29, 1.82) is 0 Å². The quantitative estimate of drug-likeness (QED) is 0.369. The topological polar surface area (TPSA) is 95.7 Å². The van der Waals surface area contributed by atoms with Gasteiger partial charge in [0.2, 0.25) is 11.8 Å². The molecule has 0 saturated heterocycles. The third kappa shape index (κ3) is 4.96. The Labute approximate surface area is 190 Å². The highest BCUT2D eigenvalue weighted by atomic mass is 16.3. The van der Waals surface area contributed by atoms with E-state index in [0.29, 0.717) is 35.8 Å². The molecule has 0 aromatic heterocycles. The highest BCUT2D eigenvalue weighted by Crippen LogP contribution is 2.32. The van der Waals surface area contributed by atoms with E-state index < -0.39 is 6.04 Å². The number of phenols is 1. The first-order chi connectivity index (χ1) is 15.1. The Balaban J connectivity index is 1.91. The number of benzene rings is 2. The number of allylic oxidation sites excluding steroid dienone is 1. The minimum Gasteiger partial charge on any atom is -0.507 e. The Morgan fingerprint density at radius 3 is 2.59 bits per heavy atom. The van der Waals surface area contributed by atoms with Crippen LogP contribution in [0.2, 0.25) is 0 Å². The summed E-state index contributed by atoms with van der Waals surface area (Å²) in [7, 11) is 0. The molecule has 6 heteroatoms. The fourth-order valence-electron chi connectivity index (χ4n) is 4.02. The summed E-state index contributed by atoms with van der Waals surface area (Å²) in [6.07, 6.45) is 4.65. The first-order valence-electron chi connectivity index (χ1n) is 11.0. The van der Waals surface area contributed by atoms with Gasteiger partial charge in [-0.1, -0.05) is 26.0 Å². The Morgan fingerprint density at radius 2 is 1.91 bits per heavy atom. The maximum atomic E-state index is 13.4. The summed E-state index contributed by atoms with van der Waals surface area (Å²) in [5, 5.41) is 13.2. The molecule has 2 amide bonds. The maximum Gasteiger partial charge on any atom is 0.247 e. The molecule has 1 aliphatic heterocycles. The number of nitrogens with one attached hydrogen (secondary N) is 1. The second kappa shape index (κ2) is 9.47. The lowest BCUT2D eigenvalue weighted by Gasteiger charge is -2.35. The summed E-state index contributed by atoms with van der Waals surface area (Å²) in [5.41, 5.74) is 11.5. The van der Waals surface area contributed by atoms with Crippen molar-refractivity contribution in [3.8, 4) is 5.75 Å². The Morgan fingerprint density at radius 1 is 1.19 bits per heavy atom. The number of carbonyl (C=O) groups excluding carboxylic acids is 2. The van der Waals surface area contributed by atoms with Gasteiger partial charge in [-0.3, -0.25) is 9.59 Å². The first kappa shape index (κ1) is 23.4. The predicted molar refractivity (Wildman–Crippen MR) is 128 cm³/mol. The third-order valence-corrected chi connectivity index (χ3v) is 6.13. The minimum absolute atomic E-state index is 0.186. The summed E-state index contributed by atoms with van der Waals surface area (Å²) in [5.74, 6) is 0.250. The van der Waals surface area contributed by atoms with Crippen molar-refractivity contribution in [2.45, 2.75) is 60.0 Å². The van der Waals surface area contributed by atoms with Gasteiger partial charge in [0, 0.05) is 24.3 Å². The molecule has 1 atom stereocenters. The summed E-state index contributed by atoms with van der Waals surface area (Å²) < 4.78 is 0. The van der Waals surface area contributed by atoms with Gasteiger partial charge in [-0.05, 0) is 85.2 Å². The van der Waals surface area contributed by atoms with Crippen LogP contribution in [0, 0.1) is 26.7 Å². The second-order valence-electron chi connectivity index (χ2n) is 9.08. The van der Waals surface area contributed by atoms with Crippen LogP contribution in [0.5, 0.6) is 5.75 Å². The molecule has 0 aliphatic carbocycles. The zero-order valence-electron chi connectivity index (χ0n) is 19.5. The van der Waals surface area contributed by atoms with Crippen LogP contribution in [0.15, 0.2) is 36.4 Å². The number of fused-ring (bicyclic) bond motifs is 1. The van der Waals surface area contributed by atoms with Crippen LogP contribution >= 0.6 is 0 Å². The van der Waals surface area contributed by atoms with Gasteiger partial charge >= 0.3 is 0 Å². The van der Waals surface area contributed by atoms with Crippen molar-refractivity contribution < 1.29 is 14.7 Å². The van der Waals surface area contributed by atoms with Crippen molar-refractivity contribution in [1.82, 2.24) is 4.90 Å². The van der Waals surface area contributed by atoms with Gasteiger partial charge in [0.05, 0.1) is 0 Å². The number of aryl methyl sites for hydroxylation is 1. The van der Waals surface area contributed by atoms with Crippen molar-refractivity contribution in [2.75, 3.05) is 11.1 Å². The van der Waals surface area contributed by atoms with E-state index >= 15 is 0 Å². The zero-order valence-corrected chi connectivity index (χ0v) is 19.5. The number of carbonyl (C=O) groups is 2. The van der Waals surface area contributed by atoms with Crippen molar-refractivity contribution in [3.05, 3.63) is 64.2 Å². The predicted octanol–water partition coefficient (Wildman–Crippen LogP) is 4.39. The number of anilines is 2. The van der Waals surface area contributed by atoms with Gasteiger partial charge in [-0.15, -0.1) is 0 Å². The molecule has 2 aromatic carbocycles. The fraction of sp³-hybridized carbons (Fsp3) is 0.385. The molecule has 0 bridgehead atoms. The molecular formula is C26H33N3O3.